The largest absolute Gasteiger partial charge is 0.379 e. The highest BCUT2D eigenvalue weighted by Gasteiger charge is 2.18. The van der Waals surface area contributed by atoms with E-state index in [2.05, 4.69) is 27.7 Å². The monoisotopic (exact) mass is 514 g/mol. The van der Waals surface area contributed by atoms with E-state index in [0.29, 0.717) is 30.0 Å². The average molecular weight is 515 g/mol. The fourth-order valence-electron chi connectivity index (χ4n) is 4.75. The molecule has 0 bridgehead atoms. The Morgan fingerprint density at radius 3 is 2.50 bits per heavy atom. The molecule has 1 aliphatic rings. The Morgan fingerprint density at radius 2 is 1.74 bits per heavy atom. The molecule has 0 spiro atoms. The third-order valence-corrected chi connectivity index (χ3v) is 6.74. The lowest BCUT2D eigenvalue weighted by atomic mass is 10.1. The zero-order valence-corrected chi connectivity index (χ0v) is 21.4. The van der Waals surface area contributed by atoms with Crippen molar-refractivity contribution in [3.8, 4) is 0 Å². The minimum atomic E-state index is -0.395. The molecular weight excluding hydrogens is 483 g/mol. The number of carbonyl (C=O) groups excluding carboxylic acids is 2. The van der Waals surface area contributed by atoms with Gasteiger partial charge in [0.2, 0.25) is 0 Å². The molecule has 2 amide bonds. The molecule has 5 rings (SSSR count). The molecule has 38 heavy (non-hydrogen) atoms. The Kier molecular flexibility index (Phi) is 7.81. The van der Waals surface area contributed by atoms with Crippen molar-refractivity contribution in [2.24, 2.45) is 0 Å². The molecule has 3 aromatic carbocycles. The number of nitrogens with one attached hydrogen (secondary N) is 2. The van der Waals surface area contributed by atoms with Crippen LogP contribution >= 0.6 is 0 Å². The smallest absolute Gasteiger partial charge is 0.267 e. The molecule has 0 aliphatic carbocycles. The summed E-state index contributed by atoms with van der Waals surface area (Å²) >= 11 is 0. The van der Waals surface area contributed by atoms with Gasteiger partial charge >= 0.3 is 0 Å². The van der Waals surface area contributed by atoms with Gasteiger partial charge in [0.1, 0.15) is 11.5 Å². The van der Waals surface area contributed by atoms with Crippen LogP contribution in [0.3, 0.4) is 0 Å². The van der Waals surface area contributed by atoms with Crippen LogP contribution in [0.15, 0.2) is 72.8 Å². The average Bonchev–Trinajstić information content (AvgIpc) is 3.27. The summed E-state index contributed by atoms with van der Waals surface area (Å²) in [5, 5.41) is 6.78. The van der Waals surface area contributed by atoms with Gasteiger partial charge in [0.05, 0.1) is 13.2 Å². The van der Waals surface area contributed by atoms with Crippen molar-refractivity contribution in [3.63, 3.8) is 0 Å². The maximum atomic E-state index is 13.3. The fraction of sp³-hybridized carbons (Fsp3) is 0.267. The summed E-state index contributed by atoms with van der Waals surface area (Å²) in [4.78, 5) is 28.3. The van der Waals surface area contributed by atoms with Gasteiger partial charge in [-0.15, -0.1) is 0 Å². The number of hydrogen-bond acceptors (Lipinski definition) is 4. The Balaban J connectivity index is 1.39. The number of aromatic nitrogens is 1. The lowest BCUT2D eigenvalue weighted by Gasteiger charge is -2.26. The number of aryl methyl sites for hydroxylation is 1. The van der Waals surface area contributed by atoms with Crippen LogP contribution in [-0.2, 0) is 11.3 Å². The van der Waals surface area contributed by atoms with Crippen LogP contribution in [0.2, 0.25) is 0 Å². The molecule has 1 fully saturated rings. The zero-order valence-electron chi connectivity index (χ0n) is 21.4. The molecule has 8 heteroatoms. The number of carbonyl (C=O) groups is 2. The van der Waals surface area contributed by atoms with Crippen molar-refractivity contribution in [1.82, 2.24) is 14.8 Å². The second-order valence-corrected chi connectivity index (χ2v) is 9.55. The molecule has 0 atom stereocenters. The Labute approximate surface area is 221 Å². The Hall–Kier alpha value is -4.01. The van der Waals surface area contributed by atoms with Crippen LogP contribution < -0.4 is 10.6 Å². The van der Waals surface area contributed by atoms with Crippen LogP contribution in [-0.4, -0.2) is 60.7 Å². The van der Waals surface area contributed by atoms with Crippen LogP contribution in [0, 0.1) is 12.7 Å². The highest BCUT2D eigenvalue weighted by molar-refractivity contribution is 6.06. The van der Waals surface area contributed by atoms with Crippen LogP contribution in [0.4, 0.5) is 10.1 Å². The third kappa shape index (κ3) is 6.10. The Morgan fingerprint density at radius 1 is 0.947 bits per heavy atom. The van der Waals surface area contributed by atoms with Crippen LogP contribution in [0.1, 0.15) is 32.0 Å². The molecule has 0 unspecified atom stereocenters. The summed E-state index contributed by atoms with van der Waals surface area (Å²) in [6, 6.07) is 21.1. The number of benzene rings is 3. The molecule has 1 aromatic heterocycles. The maximum absolute atomic E-state index is 13.3. The minimum Gasteiger partial charge on any atom is -0.379 e. The molecule has 1 saturated heterocycles. The van der Waals surface area contributed by atoms with E-state index in [0.717, 1.165) is 54.9 Å². The number of ether oxygens (including phenoxy) is 1. The van der Waals surface area contributed by atoms with Gasteiger partial charge in [0, 0.05) is 54.9 Å². The van der Waals surface area contributed by atoms with E-state index in [1.807, 2.05) is 47.9 Å². The summed E-state index contributed by atoms with van der Waals surface area (Å²) in [7, 11) is 0. The van der Waals surface area contributed by atoms with Crippen LogP contribution in [0.5, 0.6) is 0 Å². The van der Waals surface area contributed by atoms with Crippen molar-refractivity contribution in [3.05, 3.63) is 101 Å². The molecule has 2 heterocycles. The standard InChI is InChI=1S/C30H31FN4O3/c1-21-3-2-4-22(17-21)20-35-27-10-9-26(33-29(36)23-5-7-25(31)8-6-23)18-24(27)19-28(35)30(37)32-11-12-34-13-15-38-16-14-34/h2-10,17-19H,11-16,20H2,1H3,(H,32,37)(H,33,36). The van der Waals surface area contributed by atoms with Gasteiger partial charge in [0.25, 0.3) is 11.8 Å². The van der Waals surface area contributed by atoms with E-state index in [1.165, 1.54) is 24.3 Å². The third-order valence-electron chi connectivity index (χ3n) is 6.74. The molecule has 1 aliphatic heterocycles. The molecule has 2 N–H and O–H groups in total. The van der Waals surface area contributed by atoms with E-state index >= 15 is 0 Å². The first kappa shape index (κ1) is 25.6. The SMILES string of the molecule is Cc1cccc(Cn2c(C(=O)NCCN3CCOCC3)cc3cc(NC(=O)c4ccc(F)cc4)ccc32)c1. The number of fused-ring (bicyclic) bond motifs is 1. The maximum Gasteiger partial charge on any atom is 0.267 e. The quantitative estimate of drug-likeness (QED) is 0.364. The summed E-state index contributed by atoms with van der Waals surface area (Å²) in [6.45, 7) is 7.09. The van der Waals surface area contributed by atoms with Gasteiger partial charge in [-0.2, -0.15) is 0 Å². The lowest BCUT2D eigenvalue weighted by molar-refractivity contribution is 0.0383. The normalized spacial score (nSPS) is 13.9. The highest BCUT2D eigenvalue weighted by Crippen LogP contribution is 2.25. The van der Waals surface area contributed by atoms with Crippen molar-refractivity contribution in [2.45, 2.75) is 13.5 Å². The van der Waals surface area contributed by atoms with Crippen LogP contribution in [0.25, 0.3) is 10.9 Å². The first-order valence-electron chi connectivity index (χ1n) is 12.8. The van der Waals surface area contributed by atoms with Crippen molar-refractivity contribution >= 4 is 28.4 Å². The topological polar surface area (TPSA) is 75.6 Å². The summed E-state index contributed by atoms with van der Waals surface area (Å²) in [5.74, 6) is -0.864. The molecule has 0 radical (unpaired) electrons. The van der Waals surface area contributed by atoms with Crippen molar-refractivity contribution < 1.29 is 18.7 Å². The molecule has 196 valence electrons. The molecule has 7 nitrogen and oxygen atoms in total. The number of morpholine rings is 1. The number of amides is 2. The molecule has 4 aromatic rings. The number of halogens is 1. The predicted molar refractivity (Wildman–Crippen MR) is 146 cm³/mol. The first-order valence-corrected chi connectivity index (χ1v) is 12.8. The van der Waals surface area contributed by atoms with Gasteiger partial charge in [0.15, 0.2) is 0 Å². The van der Waals surface area contributed by atoms with E-state index in [4.69, 9.17) is 4.74 Å². The van der Waals surface area contributed by atoms with Gasteiger partial charge in [-0.05, 0) is 61.0 Å². The second kappa shape index (κ2) is 11.6. The summed E-state index contributed by atoms with van der Waals surface area (Å²) < 4.78 is 20.6. The van der Waals surface area contributed by atoms with Gasteiger partial charge in [-0.1, -0.05) is 29.8 Å². The number of hydrogen-bond donors (Lipinski definition) is 2. The Bertz CT molecular complexity index is 1440. The molecule has 0 saturated carbocycles. The fourth-order valence-corrected chi connectivity index (χ4v) is 4.75. The van der Waals surface area contributed by atoms with Gasteiger partial charge < -0.3 is 19.9 Å². The van der Waals surface area contributed by atoms with Gasteiger partial charge in [-0.25, -0.2) is 4.39 Å². The highest BCUT2D eigenvalue weighted by atomic mass is 19.1. The van der Waals surface area contributed by atoms with E-state index in [1.54, 1.807) is 0 Å². The zero-order chi connectivity index (χ0) is 26.5. The number of anilines is 1. The second-order valence-electron chi connectivity index (χ2n) is 9.55. The predicted octanol–water partition coefficient (Wildman–Crippen LogP) is 4.45. The number of nitrogens with zero attached hydrogens (tertiary/aromatic N) is 2. The lowest BCUT2D eigenvalue weighted by Crippen LogP contribution is -2.41. The molecular formula is C30H31FN4O3. The van der Waals surface area contributed by atoms with E-state index in [-0.39, 0.29) is 11.8 Å². The van der Waals surface area contributed by atoms with Gasteiger partial charge in [-0.3, -0.25) is 14.5 Å². The minimum absolute atomic E-state index is 0.140. The van der Waals surface area contributed by atoms with E-state index < -0.39 is 5.82 Å². The number of rotatable bonds is 8. The van der Waals surface area contributed by atoms with Crippen molar-refractivity contribution in [1.29, 1.82) is 0 Å². The summed E-state index contributed by atoms with van der Waals surface area (Å²) in [6.07, 6.45) is 0. The van der Waals surface area contributed by atoms with Crippen molar-refractivity contribution in [2.75, 3.05) is 44.7 Å². The first-order chi connectivity index (χ1) is 18.5. The van der Waals surface area contributed by atoms with E-state index in [9.17, 15) is 14.0 Å². The summed E-state index contributed by atoms with van der Waals surface area (Å²) in [5.41, 5.74) is 4.66.